The van der Waals surface area contributed by atoms with Crippen molar-refractivity contribution in [1.82, 2.24) is 14.7 Å². The van der Waals surface area contributed by atoms with Crippen molar-refractivity contribution < 1.29 is 14.7 Å². The van der Waals surface area contributed by atoms with Gasteiger partial charge in [0.2, 0.25) is 5.91 Å². The van der Waals surface area contributed by atoms with Gasteiger partial charge in [-0.25, -0.2) is 4.79 Å². The van der Waals surface area contributed by atoms with Crippen molar-refractivity contribution in [1.29, 1.82) is 0 Å². The predicted molar refractivity (Wildman–Crippen MR) is 103 cm³/mol. The maximum Gasteiger partial charge on any atom is 0.407 e. The lowest BCUT2D eigenvalue weighted by atomic mass is 9.82. The summed E-state index contributed by atoms with van der Waals surface area (Å²) in [5.41, 5.74) is 0.831. The number of carbonyl (C=O) groups excluding carboxylic acids is 1. The average Bonchev–Trinajstić information content (AvgIpc) is 2.80. The van der Waals surface area contributed by atoms with Crippen LogP contribution < -0.4 is 0 Å². The van der Waals surface area contributed by atoms with E-state index in [4.69, 9.17) is 11.6 Å². The van der Waals surface area contributed by atoms with E-state index >= 15 is 0 Å². The van der Waals surface area contributed by atoms with Crippen LogP contribution in [0.15, 0.2) is 24.3 Å². The zero-order chi connectivity index (χ0) is 19.0. The van der Waals surface area contributed by atoms with E-state index in [1.54, 1.807) is 12.1 Å². The molecule has 6 nitrogen and oxygen atoms in total. The molecule has 0 bridgehead atoms. The van der Waals surface area contributed by atoms with Crippen molar-refractivity contribution >= 4 is 23.6 Å². The number of carbonyl (C=O) groups is 2. The quantitative estimate of drug-likeness (QED) is 0.860. The van der Waals surface area contributed by atoms with E-state index in [-0.39, 0.29) is 18.4 Å². The molecule has 2 amide bonds. The first-order chi connectivity index (χ1) is 13.0. The molecule has 1 N–H and O–H groups in total. The zero-order valence-electron chi connectivity index (χ0n) is 15.4. The lowest BCUT2D eigenvalue weighted by molar-refractivity contribution is -0.144. The molecule has 7 heteroatoms. The van der Waals surface area contributed by atoms with Crippen molar-refractivity contribution in [3.8, 4) is 0 Å². The fraction of sp³-hybridized carbons (Fsp3) is 0.600. The molecule has 1 aromatic carbocycles. The van der Waals surface area contributed by atoms with Crippen LogP contribution in [0.5, 0.6) is 0 Å². The zero-order valence-corrected chi connectivity index (χ0v) is 16.1. The standard InChI is InChI=1S/C20H26ClN3O3/c21-15-7-5-14(6-8-15)18-17(13-24(18)20(26)27)19(25)23-10-2-9-22(11-12-23)16-3-1-4-16/h5-8,16-18H,1-4,9-13H2,(H,26,27). The highest BCUT2D eigenvalue weighted by molar-refractivity contribution is 6.30. The topological polar surface area (TPSA) is 64.1 Å². The fourth-order valence-corrected chi connectivity index (χ4v) is 4.62. The predicted octanol–water partition coefficient (Wildman–Crippen LogP) is 3.08. The van der Waals surface area contributed by atoms with Crippen LogP contribution >= 0.6 is 11.6 Å². The Morgan fingerprint density at radius 2 is 1.74 bits per heavy atom. The van der Waals surface area contributed by atoms with Crippen molar-refractivity contribution in [3.63, 3.8) is 0 Å². The van der Waals surface area contributed by atoms with Crippen LogP contribution in [0, 0.1) is 5.92 Å². The Labute approximate surface area is 164 Å². The van der Waals surface area contributed by atoms with Crippen molar-refractivity contribution in [2.24, 2.45) is 5.92 Å². The Balaban J connectivity index is 1.45. The molecular weight excluding hydrogens is 366 g/mol. The van der Waals surface area contributed by atoms with Crippen LogP contribution in [0.4, 0.5) is 4.79 Å². The van der Waals surface area contributed by atoms with Crippen molar-refractivity contribution in [3.05, 3.63) is 34.9 Å². The molecule has 2 unspecified atom stereocenters. The van der Waals surface area contributed by atoms with Gasteiger partial charge < -0.3 is 10.0 Å². The third-order valence-electron chi connectivity index (χ3n) is 6.32. The highest BCUT2D eigenvalue weighted by Gasteiger charge is 2.48. The number of hydrogen-bond donors (Lipinski definition) is 1. The molecule has 0 radical (unpaired) electrons. The Morgan fingerprint density at radius 1 is 1.00 bits per heavy atom. The van der Waals surface area contributed by atoms with Crippen molar-refractivity contribution in [2.75, 3.05) is 32.7 Å². The van der Waals surface area contributed by atoms with E-state index in [2.05, 4.69) is 4.90 Å². The summed E-state index contributed by atoms with van der Waals surface area (Å²) >= 11 is 5.96. The Morgan fingerprint density at radius 3 is 2.37 bits per heavy atom. The molecule has 2 heterocycles. The van der Waals surface area contributed by atoms with Crippen LogP contribution in [0.25, 0.3) is 0 Å². The SMILES string of the molecule is O=C(C1CN(C(=O)O)C1c1ccc(Cl)cc1)N1CCCN(C2CCC2)CC1. The van der Waals surface area contributed by atoms with E-state index in [0.29, 0.717) is 11.1 Å². The van der Waals surface area contributed by atoms with Gasteiger partial charge in [0.1, 0.15) is 0 Å². The number of carboxylic acid groups (broad SMARTS) is 1. The minimum absolute atomic E-state index is 0.0860. The van der Waals surface area contributed by atoms with Gasteiger partial charge in [0.15, 0.2) is 0 Å². The van der Waals surface area contributed by atoms with Gasteiger partial charge in [0.25, 0.3) is 0 Å². The number of rotatable bonds is 3. The molecule has 1 aromatic rings. The summed E-state index contributed by atoms with van der Waals surface area (Å²) < 4.78 is 0. The highest BCUT2D eigenvalue weighted by atomic mass is 35.5. The summed E-state index contributed by atoms with van der Waals surface area (Å²) in [6.45, 7) is 3.76. The molecule has 2 aliphatic heterocycles. The van der Waals surface area contributed by atoms with E-state index < -0.39 is 12.1 Å². The Kier molecular flexibility index (Phi) is 5.28. The summed E-state index contributed by atoms with van der Waals surface area (Å²) in [5.74, 6) is -0.222. The third kappa shape index (κ3) is 3.65. The first kappa shape index (κ1) is 18.6. The molecule has 2 atom stereocenters. The first-order valence-corrected chi connectivity index (χ1v) is 10.2. The Bertz CT molecular complexity index is 707. The van der Waals surface area contributed by atoms with E-state index in [9.17, 15) is 14.7 Å². The average molecular weight is 392 g/mol. The molecule has 146 valence electrons. The molecule has 4 rings (SSSR count). The van der Waals surface area contributed by atoms with Crippen LogP contribution in [0.3, 0.4) is 0 Å². The van der Waals surface area contributed by atoms with Crippen LogP contribution in [-0.2, 0) is 4.79 Å². The minimum atomic E-state index is -0.981. The van der Waals surface area contributed by atoms with Gasteiger partial charge in [-0.1, -0.05) is 30.2 Å². The molecule has 27 heavy (non-hydrogen) atoms. The van der Waals surface area contributed by atoms with Gasteiger partial charge >= 0.3 is 6.09 Å². The fourth-order valence-electron chi connectivity index (χ4n) is 4.50. The minimum Gasteiger partial charge on any atom is -0.465 e. The number of amides is 2. The summed E-state index contributed by atoms with van der Waals surface area (Å²) in [6.07, 6.45) is 3.89. The van der Waals surface area contributed by atoms with Gasteiger partial charge in [0, 0.05) is 43.8 Å². The number of benzene rings is 1. The molecular formula is C20H26ClN3O3. The largest absolute Gasteiger partial charge is 0.465 e. The second-order valence-electron chi connectivity index (χ2n) is 7.84. The second-order valence-corrected chi connectivity index (χ2v) is 8.27. The lowest BCUT2D eigenvalue weighted by Crippen LogP contribution is -2.58. The van der Waals surface area contributed by atoms with E-state index in [1.807, 2.05) is 17.0 Å². The monoisotopic (exact) mass is 391 g/mol. The normalized spacial score (nSPS) is 26.9. The number of likely N-dealkylation sites (tertiary alicyclic amines) is 1. The van der Waals surface area contributed by atoms with Crippen molar-refractivity contribution in [2.45, 2.75) is 37.8 Å². The van der Waals surface area contributed by atoms with E-state index in [1.165, 1.54) is 24.2 Å². The molecule has 2 saturated heterocycles. The van der Waals surface area contributed by atoms with Crippen LogP contribution in [-0.4, -0.2) is 70.6 Å². The van der Waals surface area contributed by atoms with E-state index in [0.717, 1.165) is 38.2 Å². The Hall–Kier alpha value is -1.79. The maximum absolute atomic E-state index is 13.2. The van der Waals surface area contributed by atoms with Crippen LogP contribution in [0.2, 0.25) is 5.02 Å². The smallest absolute Gasteiger partial charge is 0.407 e. The lowest BCUT2D eigenvalue weighted by Gasteiger charge is -2.47. The third-order valence-corrected chi connectivity index (χ3v) is 6.57. The molecule has 0 spiro atoms. The molecule has 3 aliphatic rings. The highest BCUT2D eigenvalue weighted by Crippen LogP contribution is 2.40. The van der Waals surface area contributed by atoms with Gasteiger partial charge in [-0.15, -0.1) is 0 Å². The molecule has 1 aliphatic carbocycles. The van der Waals surface area contributed by atoms with Crippen LogP contribution in [0.1, 0.15) is 37.3 Å². The molecule has 0 aromatic heterocycles. The maximum atomic E-state index is 13.2. The number of nitrogens with zero attached hydrogens (tertiary/aromatic N) is 3. The second kappa shape index (κ2) is 7.68. The van der Waals surface area contributed by atoms with Gasteiger partial charge in [-0.2, -0.15) is 0 Å². The molecule has 3 fully saturated rings. The first-order valence-electron chi connectivity index (χ1n) is 9.82. The number of hydrogen-bond acceptors (Lipinski definition) is 3. The summed E-state index contributed by atoms with van der Waals surface area (Å²) in [4.78, 5) is 30.6. The summed E-state index contributed by atoms with van der Waals surface area (Å²) in [5, 5.41) is 10.1. The summed E-state index contributed by atoms with van der Waals surface area (Å²) in [6, 6.07) is 7.43. The van der Waals surface area contributed by atoms with Gasteiger partial charge in [-0.05, 0) is 37.0 Å². The van der Waals surface area contributed by atoms with Gasteiger partial charge in [0.05, 0.1) is 12.0 Å². The van der Waals surface area contributed by atoms with Gasteiger partial charge in [-0.3, -0.25) is 14.6 Å². The molecule has 1 saturated carbocycles. The summed E-state index contributed by atoms with van der Waals surface area (Å²) in [7, 11) is 0. The number of halogens is 1.